The van der Waals surface area contributed by atoms with Crippen molar-refractivity contribution in [3.05, 3.63) is 161 Å². The SMILES string of the molecule is CC1(C)c2ccccc2-c2ccc(N(c3ccc(-c4ccc(C5CCC(C(C)(C)C)CC5)cc4)cc3)c3ccc4c(c3)C(C)(C)c3ccccc3-4)cc21. The first-order chi connectivity index (χ1) is 25.4. The van der Waals surface area contributed by atoms with Gasteiger partial charge in [-0.15, -0.1) is 0 Å². The van der Waals surface area contributed by atoms with E-state index in [0.717, 1.165) is 5.92 Å². The zero-order valence-corrected chi connectivity index (χ0v) is 32.6. The van der Waals surface area contributed by atoms with E-state index in [9.17, 15) is 0 Å². The van der Waals surface area contributed by atoms with Crippen LogP contribution in [0.3, 0.4) is 0 Å². The van der Waals surface area contributed by atoms with Crippen LogP contribution in [0.2, 0.25) is 0 Å². The topological polar surface area (TPSA) is 3.24 Å². The number of fused-ring (bicyclic) bond motifs is 6. The Balaban J connectivity index is 1.08. The van der Waals surface area contributed by atoms with Crippen LogP contribution in [0, 0.1) is 11.3 Å². The Bertz CT molecular complexity index is 2210. The molecule has 0 unspecified atom stereocenters. The van der Waals surface area contributed by atoms with E-state index in [4.69, 9.17) is 0 Å². The zero-order valence-electron chi connectivity index (χ0n) is 32.6. The first-order valence-corrected chi connectivity index (χ1v) is 19.9. The van der Waals surface area contributed by atoms with Crippen LogP contribution in [-0.2, 0) is 10.8 Å². The predicted molar refractivity (Wildman–Crippen MR) is 226 cm³/mol. The first kappa shape index (κ1) is 33.9. The van der Waals surface area contributed by atoms with Gasteiger partial charge in [-0.1, -0.05) is 146 Å². The van der Waals surface area contributed by atoms with Crippen molar-refractivity contribution < 1.29 is 0 Å². The third-order valence-corrected chi connectivity index (χ3v) is 13.4. The molecule has 0 radical (unpaired) electrons. The molecule has 3 aliphatic carbocycles. The number of anilines is 3. The lowest BCUT2D eigenvalue weighted by Crippen LogP contribution is -2.25. The van der Waals surface area contributed by atoms with E-state index in [1.807, 2.05) is 0 Å². The Morgan fingerprint density at radius 3 is 1.34 bits per heavy atom. The fourth-order valence-corrected chi connectivity index (χ4v) is 10.2. The lowest BCUT2D eigenvalue weighted by Gasteiger charge is -2.37. The number of benzene rings is 6. The second-order valence-corrected chi connectivity index (χ2v) is 18.2. The number of rotatable bonds is 5. The van der Waals surface area contributed by atoms with E-state index in [1.165, 1.54) is 104 Å². The Morgan fingerprint density at radius 2 is 0.868 bits per heavy atom. The average molecular weight is 692 g/mol. The van der Waals surface area contributed by atoms with Crippen molar-refractivity contribution >= 4 is 17.1 Å². The van der Waals surface area contributed by atoms with Crippen LogP contribution in [-0.4, -0.2) is 0 Å². The van der Waals surface area contributed by atoms with Crippen LogP contribution in [0.25, 0.3) is 33.4 Å². The van der Waals surface area contributed by atoms with Crippen LogP contribution in [0.1, 0.15) is 108 Å². The Labute approximate surface area is 317 Å². The van der Waals surface area contributed by atoms with Gasteiger partial charge in [-0.2, -0.15) is 0 Å². The molecule has 0 aliphatic heterocycles. The third-order valence-electron chi connectivity index (χ3n) is 13.4. The highest BCUT2D eigenvalue weighted by atomic mass is 15.1. The largest absolute Gasteiger partial charge is 0.310 e. The van der Waals surface area contributed by atoms with Gasteiger partial charge in [0.25, 0.3) is 0 Å². The summed E-state index contributed by atoms with van der Waals surface area (Å²) in [6.45, 7) is 16.7. The summed E-state index contributed by atoms with van der Waals surface area (Å²) >= 11 is 0. The molecule has 0 N–H and O–H groups in total. The number of hydrogen-bond donors (Lipinski definition) is 0. The van der Waals surface area contributed by atoms with E-state index in [0.29, 0.717) is 11.3 Å². The summed E-state index contributed by atoms with van der Waals surface area (Å²) in [5.74, 6) is 1.53. The highest BCUT2D eigenvalue weighted by molar-refractivity contribution is 5.88. The van der Waals surface area contributed by atoms with Gasteiger partial charge < -0.3 is 4.90 Å². The second kappa shape index (κ2) is 12.3. The van der Waals surface area contributed by atoms with E-state index in [-0.39, 0.29) is 10.8 Å². The van der Waals surface area contributed by atoms with Crippen molar-refractivity contribution in [3.63, 3.8) is 0 Å². The van der Waals surface area contributed by atoms with Gasteiger partial charge in [-0.25, -0.2) is 0 Å². The molecule has 0 bridgehead atoms. The second-order valence-electron chi connectivity index (χ2n) is 18.2. The molecule has 0 aromatic heterocycles. The molecule has 0 saturated heterocycles. The minimum atomic E-state index is -0.0723. The quantitative estimate of drug-likeness (QED) is 0.174. The lowest BCUT2D eigenvalue weighted by atomic mass is 9.68. The molecule has 1 saturated carbocycles. The van der Waals surface area contributed by atoms with Gasteiger partial charge in [0.15, 0.2) is 0 Å². The van der Waals surface area contributed by atoms with Gasteiger partial charge >= 0.3 is 0 Å². The van der Waals surface area contributed by atoms with Crippen molar-refractivity contribution in [1.29, 1.82) is 0 Å². The molecule has 1 fully saturated rings. The normalized spacial score (nSPS) is 19.2. The van der Waals surface area contributed by atoms with Crippen LogP contribution in [0.4, 0.5) is 17.1 Å². The maximum Gasteiger partial charge on any atom is 0.0465 e. The van der Waals surface area contributed by atoms with Crippen LogP contribution >= 0.6 is 0 Å². The molecule has 0 heterocycles. The van der Waals surface area contributed by atoms with Gasteiger partial charge in [0.05, 0.1) is 0 Å². The average Bonchev–Trinajstić information content (AvgIpc) is 3.54. The van der Waals surface area contributed by atoms with Gasteiger partial charge in [0.1, 0.15) is 0 Å². The maximum atomic E-state index is 2.47. The van der Waals surface area contributed by atoms with Crippen LogP contribution in [0.15, 0.2) is 133 Å². The van der Waals surface area contributed by atoms with Crippen LogP contribution in [0.5, 0.6) is 0 Å². The summed E-state index contributed by atoms with van der Waals surface area (Å²) in [7, 11) is 0. The summed E-state index contributed by atoms with van der Waals surface area (Å²) < 4.78 is 0. The molecule has 1 nitrogen and oxygen atoms in total. The fraction of sp³-hybridized carbons (Fsp3) is 0.308. The van der Waals surface area contributed by atoms with Crippen molar-refractivity contribution in [2.75, 3.05) is 4.90 Å². The number of hydrogen-bond acceptors (Lipinski definition) is 1. The molecule has 9 rings (SSSR count). The number of nitrogens with zero attached hydrogens (tertiary/aromatic N) is 1. The third kappa shape index (κ3) is 5.58. The van der Waals surface area contributed by atoms with E-state index in [2.05, 4.69) is 187 Å². The van der Waals surface area contributed by atoms with Crippen molar-refractivity contribution in [2.45, 2.75) is 90.9 Å². The Kier molecular flexibility index (Phi) is 7.90. The molecule has 6 aromatic rings. The van der Waals surface area contributed by atoms with Crippen molar-refractivity contribution in [2.24, 2.45) is 11.3 Å². The Morgan fingerprint density at radius 1 is 0.453 bits per heavy atom. The van der Waals surface area contributed by atoms with Crippen LogP contribution < -0.4 is 4.90 Å². The summed E-state index contributed by atoms with van der Waals surface area (Å²) in [5.41, 5.74) is 18.9. The summed E-state index contributed by atoms with van der Waals surface area (Å²) in [6.07, 6.45) is 5.31. The summed E-state index contributed by atoms with van der Waals surface area (Å²) in [6, 6.07) is 50.8. The molecular formula is C52H53N. The molecule has 53 heavy (non-hydrogen) atoms. The van der Waals surface area contributed by atoms with Gasteiger partial charge in [0.2, 0.25) is 0 Å². The minimum absolute atomic E-state index is 0.0723. The maximum absolute atomic E-state index is 2.47. The molecule has 0 amide bonds. The highest BCUT2D eigenvalue weighted by Crippen LogP contribution is 2.53. The van der Waals surface area contributed by atoms with E-state index < -0.39 is 0 Å². The Hall–Kier alpha value is -4.88. The van der Waals surface area contributed by atoms with Gasteiger partial charge in [-0.05, 0) is 141 Å². The molecule has 3 aliphatic rings. The molecule has 1 heteroatoms. The molecule has 0 spiro atoms. The molecule has 6 aromatic carbocycles. The lowest BCUT2D eigenvalue weighted by molar-refractivity contribution is 0.169. The van der Waals surface area contributed by atoms with E-state index in [1.54, 1.807) is 0 Å². The monoisotopic (exact) mass is 691 g/mol. The predicted octanol–water partition coefficient (Wildman–Crippen LogP) is 14.8. The minimum Gasteiger partial charge on any atom is -0.310 e. The van der Waals surface area contributed by atoms with Crippen molar-refractivity contribution in [3.8, 4) is 33.4 Å². The van der Waals surface area contributed by atoms with Gasteiger partial charge in [0, 0.05) is 27.9 Å². The summed E-state index contributed by atoms with van der Waals surface area (Å²) in [4.78, 5) is 2.47. The van der Waals surface area contributed by atoms with Crippen molar-refractivity contribution in [1.82, 2.24) is 0 Å². The standard InChI is InChI=1S/C52H53N/c1-50(2,3)38-24-20-36(21-25-38)34-16-18-35(19-17-34)37-22-26-39(27-23-37)53(40-28-30-44-42-12-8-10-14-46(42)51(4,5)48(44)32-40)41-29-31-45-43-13-9-11-15-47(43)52(6,7)49(45)33-41/h8-19,22-23,26-33,36,38H,20-21,24-25H2,1-7H3. The molecular weight excluding hydrogens is 639 g/mol. The summed E-state index contributed by atoms with van der Waals surface area (Å²) in [5, 5.41) is 0. The molecule has 266 valence electrons. The smallest absolute Gasteiger partial charge is 0.0465 e. The molecule has 0 atom stereocenters. The fourth-order valence-electron chi connectivity index (χ4n) is 10.2. The van der Waals surface area contributed by atoms with Gasteiger partial charge in [-0.3, -0.25) is 0 Å². The van der Waals surface area contributed by atoms with E-state index >= 15 is 0 Å². The highest BCUT2D eigenvalue weighted by Gasteiger charge is 2.38. The zero-order chi connectivity index (χ0) is 36.7. The first-order valence-electron chi connectivity index (χ1n) is 19.9.